The smallest absolute Gasteiger partial charge is 0.125 e. The summed E-state index contributed by atoms with van der Waals surface area (Å²) >= 11 is 0. The number of nitrogens with two attached hydrogens (primary N) is 2. The number of rotatable bonds is 6. The van der Waals surface area contributed by atoms with Crippen molar-refractivity contribution in [1.29, 1.82) is 0 Å². The topological polar surface area (TPSA) is 90.7 Å². The maximum absolute atomic E-state index is 10.2. The van der Waals surface area contributed by atoms with E-state index in [1.807, 2.05) is 55.5 Å². The zero-order valence-electron chi connectivity index (χ0n) is 22.2. The first-order valence-electron chi connectivity index (χ1n) is 13.7. The standard InChI is InChI=1S/C16H21NO2.C16H21NO/c1-13(12-17)19-15-6-4-5-14(11-15)7-10-16(18)8-2-3-9-16;17-11-12-18-16-8-4-7-15(13-16)10-9-14-5-2-1-3-6-14/h4-6,11,13,18H,2-3,8-9,12,17H2,1H3;4,7-8,13-14H,1-3,5-6,11-12,17H2. The summed E-state index contributed by atoms with van der Waals surface area (Å²) in [6, 6.07) is 15.6. The highest BCUT2D eigenvalue weighted by Gasteiger charge is 2.28. The van der Waals surface area contributed by atoms with Crippen molar-refractivity contribution in [3.8, 4) is 35.2 Å². The van der Waals surface area contributed by atoms with Gasteiger partial charge >= 0.3 is 0 Å². The molecule has 5 nitrogen and oxygen atoms in total. The third kappa shape index (κ3) is 10.5. The predicted octanol–water partition coefficient (Wildman–Crippen LogP) is 5.03. The Balaban J connectivity index is 0.000000206. The van der Waals surface area contributed by atoms with E-state index in [4.69, 9.17) is 20.9 Å². The quantitative estimate of drug-likeness (QED) is 0.482. The van der Waals surface area contributed by atoms with Gasteiger partial charge in [-0.3, -0.25) is 0 Å². The average Bonchev–Trinajstić information content (AvgIpc) is 3.37. The van der Waals surface area contributed by atoms with E-state index in [9.17, 15) is 5.11 Å². The summed E-state index contributed by atoms with van der Waals surface area (Å²) in [5.74, 6) is 14.9. The van der Waals surface area contributed by atoms with Crippen LogP contribution in [0.25, 0.3) is 0 Å². The van der Waals surface area contributed by atoms with Gasteiger partial charge in [0.2, 0.25) is 0 Å². The van der Waals surface area contributed by atoms with Gasteiger partial charge in [-0.05, 0) is 81.8 Å². The second-order valence-electron chi connectivity index (χ2n) is 9.95. The van der Waals surface area contributed by atoms with Crippen LogP contribution in [0.2, 0.25) is 0 Å². The Bertz CT molecular complexity index is 1080. The van der Waals surface area contributed by atoms with Crippen LogP contribution in [0.15, 0.2) is 48.5 Å². The summed E-state index contributed by atoms with van der Waals surface area (Å²) in [6.07, 6.45) is 10.2. The molecular weight excluding hydrogens is 460 g/mol. The molecule has 5 N–H and O–H groups in total. The van der Waals surface area contributed by atoms with Gasteiger partial charge in [0.25, 0.3) is 0 Å². The molecule has 5 heteroatoms. The van der Waals surface area contributed by atoms with E-state index in [-0.39, 0.29) is 6.10 Å². The molecule has 0 bridgehead atoms. The van der Waals surface area contributed by atoms with Crippen molar-refractivity contribution in [3.63, 3.8) is 0 Å². The first kappa shape index (κ1) is 28.6. The minimum absolute atomic E-state index is 0.0118. The lowest BCUT2D eigenvalue weighted by Gasteiger charge is -2.15. The normalized spacial score (nSPS) is 17.2. The monoisotopic (exact) mass is 502 g/mol. The zero-order valence-corrected chi connectivity index (χ0v) is 22.2. The van der Waals surface area contributed by atoms with Gasteiger partial charge in [-0.15, -0.1) is 0 Å². The number of benzene rings is 2. The maximum atomic E-state index is 10.2. The van der Waals surface area contributed by atoms with E-state index in [0.29, 0.717) is 25.6 Å². The van der Waals surface area contributed by atoms with Crippen LogP contribution in [-0.2, 0) is 0 Å². The Hall–Kier alpha value is -2.96. The molecule has 1 unspecified atom stereocenters. The van der Waals surface area contributed by atoms with E-state index in [2.05, 4.69) is 23.7 Å². The van der Waals surface area contributed by atoms with Crippen LogP contribution in [0, 0.1) is 29.6 Å². The third-order valence-electron chi connectivity index (χ3n) is 6.62. The molecule has 2 aliphatic rings. The number of aliphatic hydroxyl groups is 1. The summed E-state index contributed by atoms with van der Waals surface area (Å²) in [5.41, 5.74) is 12.1. The molecule has 0 radical (unpaired) electrons. The predicted molar refractivity (Wildman–Crippen MR) is 150 cm³/mol. The molecule has 2 aliphatic carbocycles. The van der Waals surface area contributed by atoms with Crippen molar-refractivity contribution in [2.45, 2.75) is 76.4 Å². The van der Waals surface area contributed by atoms with E-state index in [1.165, 1.54) is 32.1 Å². The average molecular weight is 503 g/mol. The van der Waals surface area contributed by atoms with Gasteiger partial charge in [-0.1, -0.05) is 55.1 Å². The number of hydrogen-bond donors (Lipinski definition) is 3. The van der Waals surface area contributed by atoms with Crippen molar-refractivity contribution in [2.75, 3.05) is 19.7 Å². The Labute approximate surface area is 222 Å². The van der Waals surface area contributed by atoms with E-state index in [1.54, 1.807) is 0 Å². The molecule has 2 fully saturated rings. The fraction of sp³-hybridized carbons (Fsp3) is 0.500. The summed E-state index contributed by atoms with van der Waals surface area (Å²) in [7, 11) is 0. The second-order valence-corrected chi connectivity index (χ2v) is 9.95. The molecule has 0 spiro atoms. The molecule has 0 heterocycles. The SMILES string of the molecule is CC(CN)Oc1cccc(C#CC2(O)CCCC2)c1.NCCOc1cccc(C#CC2CCCCC2)c1. The second kappa shape index (κ2) is 15.3. The van der Waals surface area contributed by atoms with Gasteiger partial charge in [0.1, 0.15) is 29.8 Å². The van der Waals surface area contributed by atoms with Gasteiger partial charge in [0, 0.05) is 30.1 Å². The molecule has 1 atom stereocenters. The molecule has 0 amide bonds. The van der Waals surface area contributed by atoms with Gasteiger partial charge in [-0.25, -0.2) is 0 Å². The Kier molecular flexibility index (Phi) is 11.9. The largest absolute Gasteiger partial charge is 0.492 e. The van der Waals surface area contributed by atoms with Crippen molar-refractivity contribution in [1.82, 2.24) is 0 Å². The molecule has 0 aliphatic heterocycles. The first-order chi connectivity index (χ1) is 18.0. The van der Waals surface area contributed by atoms with E-state index < -0.39 is 5.60 Å². The lowest BCUT2D eigenvalue weighted by molar-refractivity contribution is 0.110. The van der Waals surface area contributed by atoms with Crippen LogP contribution in [0.1, 0.15) is 75.8 Å². The minimum Gasteiger partial charge on any atom is -0.492 e. The molecule has 2 saturated carbocycles. The highest BCUT2D eigenvalue weighted by molar-refractivity contribution is 5.42. The summed E-state index contributed by atoms with van der Waals surface area (Å²) in [4.78, 5) is 0. The van der Waals surface area contributed by atoms with Gasteiger partial charge in [0.05, 0.1) is 0 Å². The zero-order chi connectivity index (χ0) is 26.3. The van der Waals surface area contributed by atoms with Crippen LogP contribution >= 0.6 is 0 Å². The van der Waals surface area contributed by atoms with Gasteiger partial charge < -0.3 is 26.0 Å². The molecular formula is C32H42N2O3. The summed E-state index contributed by atoms with van der Waals surface area (Å²) in [5, 5.41) is 10.2. The summed E-state index contributed by atoms with van der Waals surface area (Å²) in [6.45, 7) is 3.51. The molecule has 0 aromatic heterocycles. The van der Waals surface area contributed by atoms with Crippen LogP contribution in [0.3, 0.4) is 0 Å². The van der Waals surface area contributed by atoms with Crippen LogP contribution < -0.4 is 20.9 Å². The van der Waals surface area contributed by atoms with E-state index >= 15 is 0 Å². The molecule has 2 aromatic carbocycles. The Morgan fingerprint density at radius 3 is 2.24 bits per heavy atom. The van der Waals surface area contributed by atoms with Gasteiger partial charge in [-0.2, -0.15) is 0 Å². The van der Waals surface area contributed by atoms with Gasteiger partial charge in [0.15, 0.2) is 0 Å². The Morgan fingerprint density at radius 2 is 1.57 bits per heavy atom. The van der Waals surface area contributed by atoms with E-state index in [0.717, 1.165) is 48.3 Å². The lowest BCUT2D eigenvalue weighted by atomic mass is 9.90. The number of ether oxygens (including phenoxy) is 2. The third-order valence-corrected chi connectivity index (χ3v) is 6.62. The van der Waals surface area contributed by atoms with Crippen molar-refractivity contribution in [2.24, 2.45) is 17.4 Å². The lowest BCUT2D eigenvalue weighted by Crippen LogP contribution is -2.22. The highest BCUT2D eigenvalue weighted by Crippen LogP contribution is 2.28. The molecule has 198 valence electrons. The molecule has 0 saturated heterocycles. The van der Waals surface area contributed by atoms with Crippen molar-refractivity contribution < 1.29 is 14.6 Å². The highest BCUT2D eigenvalue weighted by atomic mass is 16.5. The molecule has 2 aromatic rings. The Morgan fingerprint density at radius 1 is 0.919 bits per heavy atom. The number of hydrogen-bond acceptors (Lipinski definition) is 5. The van der Waals surface area contributed by atoms with Crippen LogP contribution in [0.5, 0.6) is 11.5 Å². The maximum Gasteiger partial charge on any atom is 0.125 e. The summed E-state index contributed by atoms with van der Waals surface area (Å²) < 4.78 is 11.1. The van der Waals surface area contributed by atoms with Crippen LogP contribution in [-0.4, -0.2) is 36.5 Å². The van der Waals surface area contributed by atoms with Crippen molar-refractivity contribution >= 4 is 0 Å². The molecule has 37 heavy (non-hydrogen) atoms. The minimum atomic E-state index is -0.790. The van der Waals surface area contributed by atoms with Crippen molar-refractivity contribution in [3.05, 3.63) is 59.7 Å². The molecule has 4 rings (SSSR count). The van der Waals surface area contributed by atoms with Crippen LogP contribution in [0.4, 0.5) is 0 Å². The fourth-order valence-corrected chi connectivity index (χ4v) is 4.47. The fourth-order valence-electron chi connectivity index (χ4n) is 4.47. The first-order valence-corrected chi connectivity index (χ1v) is 13.7.